The molecule has 1 aromatic heterocycles. The molecule has 0 saturated heterocycles. The molecule has 21 heavy (non-hydrogen) atoms. The van der Waals surface area contributed by atoms with Crippen LogP contribution in [0, 0.1) is 6.92 Å². The molecule has 0 aliphatic heterocycles. The molecule has 2 aromatic rings. The van der Waals surface area contributed by atoms with Crippen molar-refractivity contribution >= 4 is 20.7 Å². The highest BCUT2D eigenvalue weighted by molar-refractivity contribution is 7.91. The molecule has 2 rings (SSSR count). The summed E-state index contributed by atoms with van der Waals surface area (Å²) in [7, 11) is -2.92. The summed E-state index contributed by atoms with van der Waals surface area (Å²) in [6, 6.07) is 9.74. The third-order valence-corrected chi connectivity index (χ3v) is 5.52. The summed E-state index contributed by atoms with van der Waals surface area (Å²) in [5.74, 6) is 0.388. The van der Waals surface area contributed by atoms with Crippen LogP contribution < -0.4 is 5.73 Å². The Morgan fingerprint density at radius 2 is 2.00 bits per heavy atom. The van der Waals surface area contributed by atoms with Crippen LogP contribution in [0.3, 0.4) is 0 Å². The molecule has 1 unspecified atom stereocenters. The molecule has 2 N–H and O–H groups in total. The van der Waals surface area contributed by atoms with Gasteiger partial charge >= 0.3 is 0 Å². The third kappa shape index (κ3) is 4.02. The Morgan fingerprint density at radius 1 is 1.29 bits per heavy atom. The lowest BCUT2D eigenvalue weighted by molar-refractivity contribution is 0.581. The number of fused-ring (bicyclic) bond motifs is 1. The van der Waals surface area contributed by atoms with Crippen molar-refractivity contribution in [1.82, 2.24) is 4.98 Å². The van der Waals surface area contributed by atoms with E-state index in [9.17, 15) is 8.42 Å². The van der Waals surface area contributed by atoms with E-state index in [0.29, 0.717) is 12.8 Å². The predicted molar refractivity (Wildman–Crippen MR) is 87.0 cm³/mol. The van der Waals surface area contributed by atoms with Gasteiger partial charge in [0.2, 0.25) is 0 Å². The van der Waals surface area contributed by atoms with Crippen LogP contribution >= 0.6 is 0 Å². The molecule has 0 radical (unpaired) electrons. The van der Waals surface area contributed by atoms with E-state index < -0.39 is 9.84 Å². The number of hydrogen-bond donors (Lipinski definition) is 1. The average molecular weight is 306 g/mol. The van der Waals surface area contributed by atoms with Crippen LogP contribution in [0.1, 0.15) is 37.1 Å². The fourth-order valence-electron chi connectivity index (χ4n) is 2.38. The van der Waals surface area contributed by atoms with Crippen molar-refractivity contribution in [1.29, 1.82) is 0 Å². The van der Waals surface area contributed by atoms with E-state index in [4.69, 9.17) is 5.73 Å². The second-order valence-corrected chi connectivity index (χ2v) is 7.84. The van der Waals surface area contributed by atoms with Crippen molar-refractivity contribution in [3.8, 4) is 0 Å². The van der Waals surface area contributed by atoms with E-state index in [1.807, 2.05) is 37.3 Å². The lowest BCUT2D eigenvalue weighted by Gasteiger charge is -2.13. The maximum atomic E-state index is 11.5. The van der Waals surface area contributed by atoms with Gasteiger partial charge in [0.05, 0.1) is 17.0 Å². The molecule has 4 nitrogen and oxygen atoms in total. The van der Waals surface area contributed by atoms with Crippen molar-refractivity contribution in [3.05, 3.63) is 41.6 Å². The summed E-state index contributed by atoms with van der Waals surface area (Å²) < 4.78 is 23.0. The van der Waals surface area contributed by atoms with Crippen molar-refractivity contribution in [2.24, 2.45) is 5.73 Å². The highest BCUT2D eigenvalue weighted by atomic mass is 32.2. The monoisotopic (exact) mass is 306 g/mol. The first-order valence-electron chi connectivity index (χ1n) is 7.25. The number of aryl methyl sites for hydroxylation is 1. The number of sulfone groups is 1. The molecule has 0 aliphatic rings. The summed E-state index contributed by atoms with van der Waals surface area (Å²) in [5, 5.41) is 1.13. The van der Waals surface area contributed by atoms with E-state index in [2.05, 4.69) is 4.98 Å². The maximum absolute atomic E-state index is 11.5. The number of para-hydroxylation sites is 1. The summed E-state index contributed by atoms with van der Waals surface area (Å²) in [4.78, 5) is 4.60. The van der Waals surface area contributed by atoms with Gasteiger partial charge in [-0.05, 0) is 37.5 Å². The number of benzene rings is 1. The predicted octanol–water partition coefficient (Wildman–Crippen LogP) is 2.76. The molecule has 0 aliphatic carbocycles. The Balaban J connectivity index is 2.11. The highest BCUT2D eigenvalue weighted by Crippen LogP contribution is 2.22. The van der Waals surface area contributed by atoms with Crippen LogP contribution in [0.2, 0.25) is 0 Å². The quantitative estimate of drug-likeness (QED) is 0.890. The Morgan fingerprint density at radius 3 is 2.71 bits per heavy atom. The van der Waals surface area contributed by atoms with E-state index >= 15 is 0 Å². The number of rotatable bonds is 6. The summed E-state index contributed by atoms with van der Waals surface area (Å²) in [6.45, 7) is 3.71. The van der Waals surface area contributed by atoms with Crippen LogP contribution in [0.25, 0.3) is 10.9 Å². The van der Waals surface area contributed by atoms with Crippen LogP contribution in [-0.2, 0) is 9.84 Å². The van der Waals surface area contributed by atoms with Gasteiger partial charge in [0.1, 0.15) is 9.84 Å². The number of aromatic nitrogens is 1. The lowest BCUT2D eigenvalue weighted by Crippen LogP contribution is -2.15. The van der Waals surface area contributed by atoms with Crippen LogP contribution in [0.5, 0.6) is 0 Å². The van der Waals surface area contributed by atoms with Gasteiger partial charge in [-0.25, -0.2) is 8.42 Å². The first kappa shape index (κ1) is 15.9. The minimum Gasteiger partial charge on any atom is -0.323 e. The lowest BCUT2D eigenvalue weighted by atomic mass is 10.0. The largest absolute Gasteiger partial charge is 0.323 e. The molecule has 1 atom stereocenters. The second kappa shape index (κ2) is 6.54. The first-order chi connectivity index (χ1) is 9.93. The van der Waals surface area contributed by atoms with Gasteiger partial charge in [0.15, 0.2) is 0 Å². The zero-order valence-electron chi connectivity index (χ0n) is 12.5. The summed E-state index contributed by atoms with van der Waals surface area (Å²) in [5.41, 5.74) is 9.08. The SMILES string of the molecule is CCS(=O)(=O)CCCC(N)c1cc(C)c2ccccc2n1. The smallest absolute Gasteiger partial charge is 0.150 e. The molecule has 0 saturated carbocycles. The Kier molecular flexibility index (Phi) is 4.96. The normalized spacial score (nSPS) is 13.5. The van der Waals surface area contributed by atoms with Gasteiger partial charge in [0, 0.05) is 17.2 Å². The molecular weight excluding hydrogens is 284 g/mol. The van der Waals surface area contributed by atoms with Gasteiger partial charge in [0.25, 0.3) is 0 Å². The van der Waals surface area contributed by atoms with Gasteiger partial charge in [-0.15, -0.1) is 0 Å². The van der Waals surface area contributed by atoms with Gasteiger partial charge in [-0.1, -0.05) is 25.1 Å². The molecule has 114 valence electrons. The minimum atomic E-state index is -2.92. The van der Waals surface area contributed by atoms with E-state index in [1.54, 1.807) is 6.92 Å². The molecule has 0 fully saturated rings. The first-order valence-corrected chi connectivity index (χ1v) is 9.07. The van der Waals surface area contributed by atoms with E-state index in [1.165, 1.54) is 0 Å². The zero-order chi connectivity index (χ0) is 15.5. The minimum absolute atomic E-state index is 0.190. The number of nitrogens with zero attached hydrogens (tertiary/aromatic N) is 1. The molecule has 0 amide bonds. The second-order valence-electron chi connectivity index (χ2n) is 5.37. The van der Waals surface area contributed by atoms with Gasteiger partial charge < -0.3 is 5.73 Å². The molecular formula is C16H22N2O2S. The van der Waals surface area contributed by atoms with E-state index in [0.717, 1.165) is 22.2 Å². The standard InChI is InChI=1S/C16H22N2O2S/c1-3-21(19,20)10-6-8-14(17)16-11-12(2)13-7-4-5-9-15(13)18-16/h4-5,7,9,11,14H,3,6,8,10,17H2,1-2H3. The Hall–Kier alpha value is -1.46. The van der Waals surface area contributed by atoms with Crippen LogP contribution in [-0.4, -0.2) is 24.9 Å². The van der Waals surface area contributed by atoms with Crippen LogP contribution in [0.4, 0.5) is 0 Å². The topological polar surface area (TPSA) is 73.0 Å². The van der Waals surface area contributed by atoms with Gasteiger partial charge in [-0.2, -0.15) is 0 Å². The zero-order valence-corrected chi connectivity index (χ0v) is 13.4. The molecule has 1 heterocycles. The van der Waals surface area contributed by atoms with Crippen molar-refractivity contribution in [3.63, 3.8) is 0 Å². The van der Waals surface area contributed by atoms with Crippen LogP contribution in [0.15, 0.2) is 30.3 Å². The maximum Gasteiger partial charge on any atom is 0.150 e. The van der Waals surface area contributed by atoms with E-state index in [-0.39, 0.29) is 17.5 Å². The third-order valence-electron chi connectivity index (χ3n) is 3.73. The Labute approximate surface area is 126 Å². The fourth-order valence-corrected chi connectivity index (χ4v) is 3.28. The molecule has 5 heteroatoms. The fraction of sp³-hybridized carbons (Fsp3) is 0.438. The van der Waals surface area contributed by atoms with Gasteiger partial charge in [-0.3, -0.25) is 4.98 Å². The molecule has 0 spiro atoms. The summed E-state index contributed by atoms with van der Waals surface area (Å²) in [6.07, 6.45) is 1.20. The summed E-state index contributed by atoms with van der Waals surface area (Å²) >= 11 is 0. The number of hydrogen-bond acceptors (Lipinski definition) is 4. The molecule has 1 aromatic carbocycles. The van der Waals surface area contributed by atoms with Crippen molar-refractivity contribution in [2.75, 3.05) is 11.5 Å². The average Bonchev–Trinajstić information content (AvgIpc) is 2.47. The number of pyridine rings is 1. The van der Waals surface area contributed by atoms with Crippen molar-refractivity contribution in [2.45, 2.75) is 32.7 Å². The highest BCUT2D eigenvalue weighted by Gasteiger charge is 2.13. The van der Waals surface area contributed by atoms with Crippen molar-refractivity contribution < 1.29 is 8.42 Å². The number of nitrogens with two attached hydrogens (primary N) is 1. The molecule has 0 bridgehead atoms. The Bertz CT molecular complexity index is 726.